The first-order valence-corrected chi connectivity index (χ1v) is 7.45. The van der Waals surface area contributed by atoms with Gasteiger partial charge in [0.1, 0.15) is 17.3 Å². The molecule has 0 heterocycles. The van der Waals surface area contributed by atoms with Gasteiger partial charge >= 0.3 is 0 Å². The topological polar surface area (TPSA) is 125 Å². The molecule has 0 spiro atoms. The van der Waals surface area contributed by atoms with Gasteiger partial charge in [-0.25, -0.2) is 0 Å². The lowest BCUT2D eigenvalue weighted by molar-refractivity contribution is -0.383. The Morgan fingerprint density at radius 3 is 2.38 bits per heavy atom. The zero-order valence-electron chi connectivity index (χ0n) is 13.7. The zero-order chi connectivity index (χ0) is 19.1. The van der Waals surface area contributed by atoms with Gasteiger partial charge in [-0.05, 0) is 37.3 Å². The summed E-state index contributed by atoms with van der Waals surface area (Å²) in [5.41, 5.74) is 0.618. The molecule has 0 bridgehead atoms. The van der Waals surface area contributed by atoms with E-state index in [9.17, 15) is 19.7 Å². The number of carbonyl (C=O) groups is 2. The average Bonchev–Trinajstić information content (AvgIpc) is 2.63. The molecule has 1 amide bonds. The Balaban J connectivity index is 2.14. The number of nitro benzene ring substituents is 1. The summed E-state index contributed by atoms with van der Waals surface area (Å²) in [5, 5.41) is 25.2. The van der Waals surface area contributed by atoms with E-state index in [0.717, 1.165) is 6.20 Å². The average molecular weight is 350 g/mol. The number of hydrogen-bond donors (Lipinski definition) is 2. The van der Waals surface area contributed by atoms with Crippen LogP contribution in [0.1, 0.15) is 17.3 Å². The monoisotopic (exact) mass is 350 g/mol. The molecule has 0 fully saturated rings. The number of benzene rings is 2. The first-order valence-electron chi connectivity index (χ1n) is 7.45. The maximum Gasteiger partial charge on any atom is 0.292 e. The van der Waals surface area contributed by atoms with Crippen molar-refractivity contribution < 1.29 is 14.5 Å². The van der Waals surface area contributed by atoms with Crippen LogP contribution in [0.15, 0.2) is 60.3 Å². The Morgan fingerprint density at radius 1 is 1.15 bits per heavy atom. The van der Waals surface area contributed by atoms with Crippen LogP contribution in [0.5, 0.6) is 0 Å². The molecular weight excluding hydrogens is 336 g/mol. The van der Waals surface area contributed by atoms with E-state index in [1.165, 1.54) is 25.1 Å². The SMILES string of the molecule is CC(=O)c1ccc(NC(=O)/C(C#N)=C\Nc2ccccc2[N+](=O)[O-])cc1. The summed E-state index contributed by atoms with van der Waals surface area (Å²) < 4.78 is 0. The van der Waals surface area contributed by atoms with Gasteiger partial charge in [0, 0.05) is 23.5 Å². The van der Waals surface area contributed by atoms with E-state index in [4.69, 9.17) is 5.26 Å². The molecule has 0 unspecified atom stereocenters. The van der Waals surface area contributed by atoms with Crippen molar-refractivity contribution in [1.82, 2.24) is 0 Å². The van der Waals surface area contributed by atoms with E-state index >= 15 is 0 Å². The molecule has 8 nitrogen and oxygen atoms in total. The minimum atomic E-state index is -0.686. The molecule has 0 radical (unpaired) electrons. The lowest BCUT2D eigenvalue weighted by Gasteiger charge is -2.06. The lowest BCUT2D eigenvalue weighted by atomic mass is 10.1. The molecule has 26 heavy (non-hydrogen) atoms. The third kappa shape index (κ3) is 4.52. The van der Waals surface area contributed by atoms with Crippen molar-refractivity contribution in [2.75, 3.05) is 10.6 Å². The second kappa shape index (κ2) is 8.21. The van der Waals surface area contributed by atoms with Crippen molar-refractivity contribution in [2.24, 2.45) is 0 Å². The standard InChI is InChI=1S/C18H14N4O4/c1-12(23)13-6-8-15(9-7-13)21-18(24)14(10-19)11-20-16-4-2-3-5-17(16)22(25)26/h2-9,11,20H,1H3,(H,21,24)/b14-11-. The van der Waals surface area contributed by atoms with E-state index in [-0.39, 0.29) is 22.7 Å². The van der Waals surface area contributed by atoms with Crippen molar-refractivity contribution in [3.8, 4) is 6.07 Å². The highest BCUT2D eigenvalue weighted by Gasteiger charge is 2.13. The Bertz CT molecular complexity index is 927. The highest BCUT2D eigenvalue weighted by atomic mass is 16.6. The molecule has 0 aliphatic rings. The Hall–Kier alpha value is -3.99. The molecule has 0 aliphatic heterocycles. The molecule has 0 saturated heterocycles. The second-order valence-electron chi connectivity index (χ2n) is 5.18. The molecule has 2 rings (SSSR count). The Morgan fingerprint density at radius 2 is 1.81 bits per heavy atom. The van der Waals surface area contributed by atoms with Gasteiger partial charge in [-0.2, -0.15) is 5.26 Å². The maximum absolute atomic E-state index is 12.2. The number of carbonyl (C=O) groups excluding carboxylic acids is 2. The quantitative estimate of drug-likeness (QED) is 0.271. The number of amides is 1. The minimum Gasteiger partial charge on any atom is -0.355 e. The van der Waals surface area contributed by atoms with Crippen LogP contribution >= 0.6 is 0 Å². The highest BCUT2D eigenvalue weighted by Crippen LogP contribution is 2.23. The molecular formula is C18H14N4O4. The zero-order valence-corrected chi connectivity index (χ0v) is 13.7. The smallest absolute Gasteiger partial charge is 0.292 e. The fourth-order valence-corrected chi connectivity index (χ4v) is 2.04. The molecule has 0 aliphatic carbocycles. The van der Waals surface area contributed by atoms with E-state index in [1.54, 1.807) is 36.4 Å². The summed E-state index contributed by atoms with van der Waals surface area (Å²) >= 11 is 0. The fraction of sp³-hybridized carbons (Fsp3) is 0.0556. The first kappa shape index (κ1) is 18.4. The number of hydrogen-bond acceptors (Lipinski definition) is 6. The van der Waals surface area contributed by atoms with Crippen LogP contribution in [-0.4, -0.2) is 16.6 Å². The van der Waals surface area contributed by atoms with Crippen LogP contribution in [0.2, 0.25) is 0 Å². The van der Waals surface area contributed by atoms with Crippen LogP contribution in [-0.2, 0) is 4.79 Å². The van der Waals surface area contributed by atoms with Gasteiger partial charge in [-0.3, -0.25) is 19.7 Å². The second-order valence-corrected chi connectivity index (χ2v) is 5.18. The number of anilines is 2. The van der Waals surface area contributed by atoms with Crippen LogP contribution in [0.4, 0.5) is 17.1 Å². The van der Waals surface area contributed by atoms with Gasteiger partial charge in [0.05, 0.1) is 4.92 Å². The third-order valence-electron chi connectivity index (χ3n) is 3.39. The van der Waals surface area contributed by atoms with Crippen LogP contribution in [0, 0.1) is 21.4 Å². The van der Waals surface area contributed by atoms with Crippen molar-refractivity contribution in [3.05, 3.63) is 76.0 Å². The van der Waals surface area contributed by atoms with Gasteiger partial charge in [-0.1, -0.05) is 12.1 Å². The summed E-state index contributed by atoms with van der Waals surface area (Å²) in [5.74, 6) is -0.789. The number of ketones is 1. The maximum atomic E-state index is 12.2. The number of nitriles is 1. The molecule has 0 saturated carbocycles. The van der Waals surface area contributed by atoms with Gasteiger partial charge in [0.25, 0.3) is 11.6 Å². The van der Waals surface area contributed by atoms with E-state index in [0.29, 0.717) is 11.3 Å². The number of para-hydroxylation sites is 2. The predicted molar refractivity (Wildman–Crippen MR) is 95.5 cm³/mol. The van der Waals surface area contributed by atoms with Crippen molar-refractivity contribution in [3.63, 3.8) is 0 Å². The lowest BCUT2D eigenvalue weighted by Crippen LogP contribution is -2.14. The van der Waals surface area contributed by atoms with Gasteiger partial charge in [0.2, 0.25) is 0 Å². The summed E-state index contributed by atoms with van der Waals surface area (Å²) in [6.07, 6.45) is 1.10. The molecule has 0 aromatic heterocycles. The predicted octanol–water partition coefficient (Wildman–Crippen LogP) is 3.26. The fourth-order valence-electron chi connectivity index (χ4n) is 2.04. The first-order chi connectivity index (χ1) is 12.4. The molecule has 2 aromatic carbocycles. The summed E-state index contributed by atoms with van der Waals surface area (Å²) in [4.78, 5) is 33.8. The number of rotatable bonds is 6. The minimum absolute atomic E-state index is 0.103. The van der Waals surface area contributed by atoms with Crippen molar-refractivity contribution in [1.29, 1.82) is 5.26 Å². The third-order valence-corrected chi connectivity index (χ3v) is 3.39. The van der Waals surface area contributed by atoms with Gasteiger partial charge in [0.15, 0.2) is 5.78 Å². The largest absolute Gasteiger partial charge is 0.355 e. The number of nitrogens with one attached hydrogen (secondary N) is 2. The van der Waals surface area contributed by atoms with E-state index in [2.05, 4.69) is 10.6 Å². The molecule has 2 aromatic rings. The van der Waals surface area contributed by atoms with Crippen molar-refractivity contribution >= 4 is 28.8 Å². The number of nitrogens with zero attached hydrogens (tertiary/aromatic N) is 2. The molecule has 0 atom stereocenters. The summed E-state index contributed by atoms with van der Waals surface area (Å²) in [6, 6.07) is 13.8. The normalized spacial score (nSPS) is 10.5. The molecule has 130 valence electrons. The summed E-state index contributed by atoms with van der Waals surface area (Å²) in [6.45, 7) is 1.43. The van der Waals surface area contributed by atoms with Crippen LogP contribution in [0.3, 0.4) is 0 Å². The van der Waals surface area contributed by atoms with E-state index < -0.39 is 10.8 Å². The van der Waals surface area contributed by atoms with Gasteiger partial charge in [-0.15, -0.1) is 0 Å². The van der Waals surface area contributed by atoms with Crippen LogP contribution in [0.25, 0.3) is 0 Å². The Labute approximate surface area is 148 Å². The van der Waals surface area contributed by atoms with E-state index in [1.807, 2.05) is 0 Å². The Kier molecular flexibility index (Phi) is 5.79. The highest BCUT2D eigenvalue weighted by molar-refractivity contribution is 6.07. The molecule has 8 heteroatoms. The van der Waals surface area contributed by atoms with Crippen LogP contribution < -0.4 is 10.6 Å². The number of nitro groups is 1. The van der Waals surface area contributed by atoms with Gasteiger partial charge < -0.3 is 10.6 Å². The van der Waals surface area contributed by atoms with Crippen molar-refractivity contribution in [2.45, 2.75) is 6.92 Å². The molecule has 2 N–H and O–H groups in total. The summed E-state index contributed by atoms with van der Waals surface area (Å²) in [7, 11) is 0. The number of Topliss-reactive ketones (excluding diaryl/α,β-unsaturated/α-hetero) is 1.